The normalized spacial score (nSPS) is 16.2. The summed E-state index contributed by atoms with van der Waals surface area (Å²) in [6.07, 6.45) is 2.68. The van der Waals surface area contributed by atoms with Gasteiger partial charge in [-0.1, -0.05) is 6.07 Å². The van der Waals surface area contributed by atoms with Crippen LogP contribution in [0.3, 0.4) is 0 Å². The Labute approximate surface area is 109 Å². The van der Waals surface area contributed by atoms with Crippen LogP contribution >= 0.6 is 0 Å². The quantitative estimate of drug-likeness (QED) is 0.856. The van der Waals surface area contributed by atoms with Crippen LogP contribution in [0.15, 0.2) is 12.1 Å². The largest absolute Gasteiger partial charge is 0.392 e. The lowest BCUT2D eigenvalue weighted by Crippen LogP contribution is -2.31. The molecular formula is C14H23N3O. The lowest BCUT2D eigenvalue weighted by Gasteiger charge is -2.22. The van der Waals surface area contributed by atoms with E-state index in [0.29, 0.717) is 0 Å². The molecule has 0 aromatic carbocycles. The molecule has 1 saturated heterocycles. The molecule has 1 aliphatic rings. The maximum atomic E-state index is 9.13. The molecule has 0 saturated carbocycles. The Kier molecular flexibility index (Phi) is 4.55. The number of rotatable bonds is 5. The van der Waals surface area contributed by atoms with E-state index in [1.165, 1.54) is 25.9 Å². The first-order valence-corrected chi connectivity index (χ1v) is 6.71. The van der Waals surface area contributed by atoms with Gasteiger partial charge in [0.15, 0.2) is 0 Å². The van der Waals surface area contributed by atoms with E-state index in [9.17, 15) is 0 Å². The van der Waals surface area contributed by atoms with Crippen molar-refractivity contribution in [3.8, 4) is 0 Å². The summed E-state index contributed by atoms with van der Waals surface area (Å²) >= 11 is 0. The molecular weight excluding hydrogens is 226 g/mol. The molecule has 1 N–H and O–H groups in total. The lowest BCUT2D eigenvalue weighted by atomic mass is 10.2. The van der Waals surface area contributed by atoms with Gasteiger partial charge in [-0.25, -0.2) is 4.98 Å². The van der Waals surface area contributed by atoms with E-state index in [-0.39, 0.29) is 6.61 Å². The van der Waals surface area contributed by atoms with Crippen LogP contribution < -0.4 is 4.90 Å². The van der Waals surface area contributed by atoms with Gasteiger partial charge in [0.1, 0.15) is 5.82 Å². The number of aliphatic hydroxyl groups is 1. The van der Waals surface area contributed by atoms with Crippen LogP contribution in [-0.2, 0) is 6.61 Å². The summed E-state index contributed by atoms with van der Waals surface area (Å²) in [6.45, 7) is 6.61. The topological polar surface area (TPSA) is 39.6 Å². The number of likely N-dealkylation sites (N-methyl/N-ethyl adjacent to an activating group) is 1. The van der Waals surface area contributed by atoms with E-state index in [0.717, 1.165) is 30.2 Å². The van der Waals surface area contributed by atoms with Crippen molar-refractivity contribution in [3.63, 3.8) is 0 Å². The highest BCUT2D eigenvalue weighted by atomic mass is 16.3. The number of aromatic nitrogens is 1. The standard InChI is InChI=1S/C14H23N3O/c1-12-13(11-18)5-6-14(15-12)16(2)9-10-17-7-3-4-8-17/h5-6,18H,3-4,7-11H2,1-2H3. The third kappa shape index (κ3) is 3.21. The van der Waals surface area contributed by atoms with Gasteiger partial charge in [0.25, 0.3) is 0 Å². The molecule has 1 aliphatic heterocycles. The number of anilines is 1. The molecule has 2 heterocycles. The smallest absolute Gasteiger partial charge is 0.128 e. The fourth-order valence-corrected chi connectivity index (χ4v) is 2.37. The predicted molar refractivity (Wildman–Crippen MR) is 73.8 cm³/mol. The molecule has 0 spiro atoms. The molecule has 0 amide bonds. The molecule has 1 aromatic rings. The molecule has 0 aliphatic carbocycles. The minimum absolute atomic E-state index is 0.0661. The molecule has 1 aromatic heterocycles. The van der Waals surface area contributed by atoms with Crippen molar-refractivity contribution in [1.82, 2.24) is 9.88 Å². The number of hydrogen-bond acceptors (Lipinski definition) is 4. The highest BCUT2D eigenvalue weighted by Gasteiger charge is 2.12. The monoisotopic (exact) mass is 249 g/mol. The van der Waals surface area contributed by atoms with Crippen LogP contribution in [0.4, 0.5) is 5.82 Å². The zero-order valence-corrected chi connectivity index (χ0v) is 11.4. The van der Waals surface area contributed by atoms with Crippen LogP contribution in [0, 0.1) is 6.92 Å². The van der Waals surface area contributed by atoms with Crippen molar-refractivity contribution in [3.05, 3.63) is 23.4 Å². The fraction of sp³-hybridized carbons (Fsp3) is 0.643. The Morgan fingerprint density at radius 2 is 2.06 bits per heavy atom. The van der Waals surface area contributed by atoms with Gasteiger partial charge in [-0.3, -0.25) is 0 Å². The van der Waals surface area contributed by atoms with Gasteiger partial charge < -0.3 is 14.9 Å². The Hall–Kier alpha value is -1.13. The highest BCUT2D eigenvalue weighted by Crippen LogP contribution is 2.14. The minimum Gasteiger partial charge on any atom is -0.392 e. The number of aryl methyl sites for hydroxylation is 1. The van der Waals surface area contributed by atoms with Gasteiger partial charge in [0.05, 0.1) is 6.61 Å². The number of likely N-dealkylation sites (tertiary alicyclic amines) is 1. The van der Waals surface area contributed by atoms with E-state index in [1.807, 2.05) is 19.1 Å². The van der Waals surface area contributed by atoms with Crippen LogP contribution in [0.2, 0.25) is 0 Å². The predicted octanol–water partition coefficient (Wildman–Crippen LogP) is 1.41. The second-order valence-electron chi connectivity index (χ2n) is 5.04. The van der Waals surface area contributed by atoms with Gasteiger partial charge in [-0.15, -0.1) is 0 Å². The Bertz CT molecular complexity index is 389. The number of hydrogen-bond donors (Lipinski definition) is 1. The van der Waals surface area contributed by atoms with E-state index in [2.05, 4.69) is 21.8 Å². The van der Waals surface area contributed by atoms with Gasteiger partial charge >= 0.3 is 0 Å². The zero-order chi connectivity index (χ0) is 13.0. The van der Waals surface area contributed by atoms with Crippen molar-refractivity contribution in [2.45, 2.75) is 26.4 Å². The molecule has 4 heteroatoms. The number of aliphatic hydroxyl groups excluding tert-OH is 1. The Morgan fingerprint density at radius 3 is 2.67 bits per heavy atom. The second-order valence-corrected chi connectivity index (χ2v) is 5.04. The van der Waals surface area contributed by atoms with Crippen molar-refractivity contribution < 1.29 is 5.11 Å². The summed E-state index contributed by atoms with van der Waals surface area (Å²) in [5.74, 6) is 0.990. The van der Waals surface area contributed by atoms with Crippen LogP contribution in [0.1, 0.15) is 24.1 Å². The molecule has 0 unspecified atom stereocenters. The van der Waals surface area contributed by atoms with E-state index >= 15 is 0 Å². The maximum absolute atomic E-state index is 9.13. The van der Waals surface area contributed by atoms with Gasteiger partial charge in [-0.2, -0.15) is 0 Å². The molecule has 1 fully saturated rings. The van der Waals surface area contributed by atoms with Crippen molar-refractivity contribution in [1.29, 1.82) is 0 Å². The Morgan fingerprint density at radius 1 is 1.33 bits per heavy atom. The van der Waals surface area contributed by atoms with Crippen molar-refractivity contribution in [2.24, 2.45) is 0 Å². The second kappa shape index (κ2) is 6.16. The summed E-state index contributed by atoms with van der Waals surface area (Å²) < 4.78 is 0. The average molecular weight is 249 g/mol. The summed E-state index contributed by atoms with van der Waals surface area (Å²) in [5, 5.41) is 9.13. The molecule has 2 rings (SSSR count). The van der Waals surface area contributed by atoms with Crippen LogP contribution in [0.5, 0.6) is 0 Å². The average Bonchev–Trinajstić information content (AvgIpc) is 2.89. The number of nitrogens with zero attached hydrogens (tertiary/aromatic N) is 3. The summed E-state index contributed by atoms with van der Waals surface area (Å²) in [4.78, 5) is 9.23. The minimum atomic E-state index is 0.0661. The molecule has 4 nitrogen and oxygen atoms in total. The Balaban J connectivity index is 1.91. The van der Waals surface area contributed by atoms with Crippen LogP contribution in [-0.4, -0.2) is 48.2 Å². The van der Waals surface area contributed by atoms with E-state index in [4.69, 9.17) is 5.11 Å². The van der Waals surface area contributed by atoms with Crippen LogP contribution in [0.25, 0.3) is 0 Å². The summed E-state index contributed by atoms with van der Waals surface area (Å²) in [7, 11) is 2.08. The third-order valence-electron chi connectivity index (χ3n) is 3.69. The first-order valence-electron chi connectivity index (χ1n) is 6.71. The molecule has 0 atom stereocenters. The molecule has 0 radical (unpaired) electrons. The van der Waals surface area contributed by atoms with Crippen molar-refractivity contribution in [2.75, 3.05) is 38.1 Å². The molecule has 18 heavy (non-hydrogen) atoms. The summed E-state index contributed by atoms with van der Waals surface area (Å²) in [5.41, 5.74) is 1.83. The van der Waals surface area contributed by atoms with Gasteiger partial charge in [0.2, 0.25) is 0 Å². The van der Waals surface area contributed by atoms with E-state index < -0.39 is 0 Å². The summed E-state index contributed by atoms with van der Waals surface area (Å²) in [6, 6.07) is 3.95. The SMILES string of the molecule is Cc1nc(N(C)CCN2CCCC2)ccc1CO. The fourth-order valence-electron chi connectivity index (χ4n) is 2.37. The number of pyridine rings is 1. The van der Waals surface area contributed by atoms with Crippen molar-refractivity contribution >= 4 is 5.82 Å². The molecule has 0 bridgehead atoms. The lowest BCUT2D eigenvalue weighted by molar-refractivity contribution is 0.280. The van der Waals surface area contributed by atoms with E-state index in [1.54, 1.807) is 0 Å². The maximum Gasteiger partial charge on any atom is 0.128 e. The highest BCUT2D eigenvalue weighted by molar-refractivity contribution is 5.40. The first-order chi connectivity index (χ1) is 8.70. The third-order valence-corrected chi connectivity index (χ3v) is 3.69. The molecule has 100 valence electrons. The zero-order valence-electron chi connectivity index (χ0n) is 11.4. The first kappa shape index (κ1) is 13.3. The van der Waals surface area contributed by atoms with Gasteiger partial charge in [0, 0.05) is 25.8 Å². The van der Waals surface area contributed by atoms with Gasteiger partial charge in [-0.05, 0) is 44.5 Å².